The highest BCUT2D eigenvalue weighted by Gasteiger charge is 2.18. The van der Waals surface area contributed by atoms with Crippen LogP contribution in [-0.2, 0) is 0 Å². The van der Waals surface area contributed by atoms with Crippen molar-refractivity contribution in [3.63, 3.8) is 0 Å². The molecule has 0 amide bonds. The minimum absolute atomic E-state index is 0.592. The second kappa shape index (κ2) is 8.33. The number of aromatic nitrogens is 4. The Labute approximate surface area is 196 Å². The molecule has 0 saturated carbocycles. The van der Waals surface area contributed by atoms with Crippen molar-refractivity contribution in [2.45, 2.75) is 0 Å². The van der Waals surface area contributed by atoms with E-state index in [0.29, 0.717) is 11.3 Å². The smallest absolute Gasteiger partial charge is 0.199 e. The summed E-state index contributed by atoms with van der Waals surface area (Å²) >= 11 is 0. The standard InChI is InChI=1S/C28H20N4O2/c1-33-21-15-11-19(12-16-21)27-31-26-28(30-25-10-6-5-9-24(25)29-26)32(27)20-13-17-23(18-14-20)34-22-7-3-2-4-8-22/h2-18H,1H3. The van der Waals surface area contributed by atoms with E-state index in [1.54, 1.807) is 7.11 Å². The van der Waals surface area contributed by atoms with E-state index in [9.17, 15) is 0 Å². The van der Waals surface area contributed by atoms with Gasteiger partial charge in [0, 0.05) is 11.3 Å². The predicted molar refractivity (Wildman–Crippen MR) is 133 cm³/mol. The summed E-state index contributed by atoms with van der Waals surface area (Å²) in [6.07, 6.45) is 0. The molecule has 164 valence electrons. The minimum atomic E-state index is 0.592. The summed E-state index contributed by atoms with van der Waals surface area (Å²) in [5.74, 6) is 3.09. The Bertz CT molecular complexity index is 1590. The summed E-state index contributed by atoms with van der Waals surface area (Å²) in [5, 5.41) is 0. The lowest BCUT2D eigenvalue weighted by molar-refractivity contribution is 0.415. The summed E-state index contributed by atoms with van der Waals surface area (Å²) in [6, 6.07) is 33.3. The van der Waals surface area contributed by atoms with Gasteiger partial charge in [0.15, 0.2) is 11.3 Å². The van der Waals surface area contributed by atoms with E-state index >= 15 is 0 Å². The van der Waals surface area contributed by atoms with Gasteiger partial charge in [-0.2, -0.15) is 0 Å². The highest BCUT2D eigenvalue weighted by atomic mass is 16.5. The van der Waals surface area contributed by atoms with Gasteiger partial charge in [-0.25, -0.2) is 15.0 Å². The second-order valence-corrected chi connectivity index (χ2v) is 7.77. The molecule has 4 aromatic carbocycles. The Morgan fingerprint density at radius 2 is 1.21 bits per heavy atom. The van der Waals surface area contributed by atoms with Crippen molar-refractivity contribution in [1.82, 2.24) is 19.5 Å². The zero-order valence-electron chi connectivity index (χ0n) is 18.4. The fourth-order valence-electron chi connectivity index (χ4n) is 3.92. The Morgan fingerprint density at radius 3 is 1.91 bits per heavy atom. The molecule has 6 heteroatoms. The first-order valence-corrected chi connectivity index (χ1v) is 10.9. The molecule has 0 saturated heterocycles. The number of para-hydroxylation sites is 3. The molecule has 2 aromatic heterocycles. The minimum Gasteiger partial charge on any atom is -0.497 e. The van der Waals surface area contributed by atoms with E-state index in [-0.39, 0.29) is 0 Å². The SMILES string of the molecule is COc1ccc(-c2nc3nc4ccccc4nc3n2-c2ccc(Oc3ccccc3)cc2)cc1. The Hall–Kier alpha value is -4.71. The number of fused-ring (bicyclic) bond motifs is 2. The summed E-state index contributed by atoms with van der Waals surface area (Å²) in [6.45, 7) is 0. The predicted octanol–water partition coefficient (Wildman–Crippen LogP) is 6.44. The van der Waals surface area contributed by atoms with E-state index in [1.807, 2.05) is 108 Å². The monoisotopic (exact) mass is 444 g/mol. The topological polar surface area (TPSA) is 62.1 Å². The molecule has 0 N–H and O–H groups in total. The van der Waals surface area contributed by atoms with Crippen molar-refractivity contribution >= 4 is 22.3 Å². The molecule has 0 radical (unpaired) electrons. The fourth-order valence-corrected chi connectivity index (χ4v) is 3.92. The lowest BCUT2D eigenvalue weighted by Crippen LogP contribution is -1.99. The van der Waals surface area contributed by atoms with Gasteiger partial charge in [0.05, 0.1) is 18.1 Å². The van der Waals surface area contributed by atoms with Gasteiger partial charge in [0.25, 0.3) is 0 Å². The molecule has 0 unspecified atom stereocenters. The quantitative estimate of drug-likeness (QED) is 0.306. The summed E-state index contributed by atoms with van der Waals surface area (Å²) in [7, 11) is 1.66. The van der Waals surface area contributed by atoms with Crippen LogP contribution in [0.15, 0.2) is 103 Å². The summed E-state index contributed by atoms with van der Waals surface area (Å²) < 4.78 is 13.3. The number of methoxy groups -OCH3 is 1. The maximum atomic E-state index is 5.97. The van der Waals surface area contributed by atoms with Crippen LogP contribution < -0.4 is 9.47 Å². The third-order valence-electron chi connectivity index (χ3n) is 5.59. The van der Waals surface area contributed by atoms with Gasteiger partial charge in [0.1, 0.15) is 23.1 Å². The van der Waals surface area contributed by atoms with Gasteiger partial charge >= 0.3 is 0 Å². The first kappa shape index (κ1) is 19.9. The highest BCUT2D eigenvalue weighted by molar-refractivity contribution is 5.86. The summed E-state index contributed by atoms with van der Waals surface area (Å²) in [5.41, 5.74) is 4.77. The Balaban J connectivity index is 1.50. The number of hydrogen-bond acceptors (Lipinski definition) is 5. The van der Waals surface area contributed by atoms with Crippen LogP contribution in [-0.4, -0.2) is 26.6 Å². The lowest BCUT2D eigenvalue weighted by atomic mass is 10.2. The zero-order valence-corrected chi connectivity index (χ0v) is 18.4. The molecule has 2 heterocycles. The Morgan fingerprint density at radius 1 is 0.588 bits per heavy atom. The second-order valence-electron chi connectivity index (χ2n) is 7.77. The normalized spacial score (nSPS) is 11.1. The molecule has 0 bridgehead atoms. The molecule has 34 heavy (non-hydrogen) atoms. The average molecular weight is 444 g/mol. The van der Waals surface area contributed by atoms with Crippen LogP contribution in [0.5, 0.6) is 17.2 Å². The van der Waals surface area contributed by atoms with Crippen molar-refractivity contribution < 1.29 is 9.47 Å². The average Bonchev–Trinajstić information content (AvgIpc) is 3.26. The van der Waals surface area contributed by atoms with E-state index < -0.39 is 0 Å². The molecule has 6 rings (SSSR count). The number of benzene rings is 4. The fraction of sp³-hybridized carbons (Fsp3) is 0.0357. The molecule has 0 aliphatic heterocycles. The van der Waals surface area contributed by atoms with Crippen LogP contribution in [0.25, 0.3) is 39.4 Å². The van der Waals surface area contributed by atoms with Crippen LogP contribution in [0.1, 0.15) is 0 Å². The maximum absolute atomic E-state index is 5.97. The van der Waals surface area contributed by atoms with E-state index in [1.165, 1.54) is 0 Å². The molecule has 0 spiro atoms. The van der Waals surface area contributed by atoms with Crippen LogP contribution >= 0.6 is 0 Å². The van der Waals surface area contributed by atoms with Gasteiger partial charge in [0.2, 0.25) is 0 Å². The zero-order chi connectivity index (χ0) is 22.9. The first-order chi connectivity index (χ1) is 16.8. The molecule has 0 aliphatic rings. The van der Waals surface area contributed by atoms with Crippen molar-refractivity contribution in [2.75, 3.05) is 7.11 Å². The molecule has 0 atom stereocenters. The number of nitrogens with zero attached hydrogens (tertiary/aromatic N) is 4. The van der Waals surface area contributed by atoms with Crippen molar-refractivity contribution in [3.05, 3.63) is 103 Å². The van der Waals surface area contributed by atoms with Gasteiger partial charge in [-0.15, -0.1) is 0 Å². The van der Waals surface area contributed by atoms with Gasteiger partial charge in [-0.3, -0.25) is 4.57 Å². The third kappa shape index (κ3) is 3.61. The van der Waals surface area contributed by atoms with Crippen LogP contribution in [0.3, 0.4) is 0 Å². The Kier molecular flexibility index (Phi) is 4.88. The first-order valence-electron chi connectivity index (χ1n) is 10.9. The van der Waals surface area contributed by atoms with Gasteiger partial charge in [-0.05, 0) is 72.8 Å². The summed E-state index contributed by atoms with van der Waals surface area (Å²) in [4.78, 5) is 14.6. The molecule has 6 aromatic rings. The lowest BCUT2D eigenvalue weighted by Gasteiger charge is -2.11. The number of hydrogen-bond donors (Lipinski definition) is 0. The van der Waals surface area contributed by atoms with Gasteiger partial charge in [-0.1, -0.05) is 30.3 Å². The number of ether oxygens (including phenoxy) is 2. The van der Waals surface area contributed by atoms with Gasteiger partial charge < -0.3 is 9.47 Å². The largest absolute Gasteiger partial charge is 0.497 e. The maximum Gasteiger partial charge on any atom is 0.199 e. The molecule has 0 aliphatic carbocycles. The molecule has 0 fully saturated rings. The molecular weight excluding hydrogens is 424 g/mol. The van der Waals surface area contributed by atoms with Crippen molar-refractivity contribution in [3.8, 4) is 34.3 Å². The van der Waals surface area contributed by atoms with Crippen LogP contribution in [0.4, 0.5) is 0 Å². The van der Waals surface area contributed by atoms with Crippen molar-refractivity contribution in [2.24, 2.45) is 0 Å². The number of rotatable bonds is 5. The van der Waals surface area contributed by atoms with Crippen molar-refractivity contribution in [1.29, 1.82) is 0 Å². The molecule has 6 nitrogen and oxygen atoms in total. The van der Waals surface area contributed by atoms with E-state index in [2.05, 4.69) is 0 Å². The number of imidazole rings is 1. The van der Waals surface area contributed by atoms with E-state index in [4.69, 9.17) is 24.4 Å². The third-order valence-corrected chi connectivity index (χ3v) is 5.59. The van der Waals surface area contributed by atoms with E-state index in [0.717, 1.165) is 45.4 Å². The van der Waals surface area contributed by atoms with Crippen LogP contribution in [0.2, 0.25) is 0 Å². The molecular formula is C28H20N4O2. The van der Waals surface area contributed by atoms with Crippen LogP contribution in [0, 0.1) is 0 Å². The highest BCUT2D eigenvalue weighted by Crippen LogP contribution is 2.31.